The average molecular weight is 177 g/mol. The van der Waals surface area contributed by atoms with Gasteiger partial charge in [0.25, 0.3) is 0 Å². The van der Waals surface area contributed by atoms with Gasteiger partial charge in [0.05, 0.1) is 6.10 Å². The molecule has 0 unspecified atom stereocenters. The number of nitrogens with one attached hydrogen (secondary N) is 1. The Bertz CT molecular complexity index is 161. The van der Waals surface area contributed by atoms with Gasteiger partial charge in [0.1, 0.15) is 17.8 Å². The number of aliphatic hydroxyl groups is 4. The molecule has 1 saturated heterocycles. The fourth-order valence-corrected chi connectivity index (χ4v) is 1.28. The van der Waals surface area contributed by atoms with E-state index in [0.717, 1.165) is 0 Å². The van der Waals surface area contributed by atoms with Crippen molar-refractivity contribution in [1.29, 1.82) is 0 Å². The van der Waals surface area contributed by atoms with Crippen LogP contribution in [0.5, 0.6) is 0 Å². The van der Waals surface area contributed by atoms with E-state index < -0.39 is 23.9 Å². The second-order valence-corrected chi connectivity index (χ2v) is 3.49. The molecule has 72 valence electrons. The summed E-state index contributed by atoms with van der Waals surface area (Å²) < 4.78 is 0. The Morgan fingerprint density at radius 3 is 2.50 bits per heavy atom. The lowest BCUT2D eigenvalue weighted by Crippen LogP contribution is -2.51. The third-order valence-corrected chi connectivity index (χ3v) is 2.19. The van der Waals surface area contributed by atoms with Crippen molar-refractivity contribution in [3.05, 3.63) is 0 Å². The Morgan fingerprint density at radius 2 is 1.92 bits per heavy atom. The number of β-amino-alcohol motifs (C(OH)–C–C–N with tert-alkyl or cyclic N) is 2. The molecule has 5 nitrogen and oxygen atoms in total. The zero-order chi connectivity index (χ0) is 9.35. The Kier molecular flexibility index (Phi) is 2.70. The molecular weight excluding hydrogens is 162 g/mol. The molecule has 1 fully saturated rings. The monoisotopic (exact) mass is 177 g/mol. The highest BCUT2D eigenvalue weighted by atomic mass is 16.4. The van der Waals surface area contributed by atoms with Crippen molar-refractivity contribution in [3.63, 3.8) is 0 Å². The highest BCUT2D eigenvalue weighted by Crippen LogP contribution is 2.17. The largest absolute Gasteiger partial charge is 0.389 e. The van der Waals surface area contributed by atoms with E-state index in [1.54, 1.807) is 0 Å². The van der Waals surface area contributed by atoms with Crippen molar-refractivity contribution in [2.24, 2.45) is 0 Å². The molecule has 1 aliphatic heterocycles. The molecule has 1 heterocycles. The van der Waals surface area contributed by atoms with Gasteiger partial charge in [-0.2, -0.15) is 0 Å². The highest BCUT2D eigenvalue weighted by Gasteiger charge is 2.40. The Morgan fingerprint density at radius 1 is 1.33 bits per heavy atom. The van der Waals surface area contributed by atoms with Gasteiger partial charge in [-0.25, -0.2) is 0 Å². The molecule has 1 rings (SSSR count). The smallest absolute Gasteiger partial charge is 0.112 e. The molecule has 0 amide bonds. The van der Waals surface area contributed by atoms with Gasteiger partial charge in [-0.1, -0.05) is 0 Å². The van der Waals surface area contributed by atoms with Crippen LogP contribution >= 0.6 is 0 Å². The lowest BCUT2D eigenvalue weighted by Gasteiger charge is -2.29. The fourth-order valence-electron chi connectivity index (χ4n) is 1.28. The minimum Gasteiger partial charge on any atom is -0.389 e. The molecule has 1 aliphatic rings. The number of hydrogen-bond acceptors (Lipinski definition) is 5. The average Bonchev–Trinajstić information content (AvgIpc) is 2.06. The van der Waals surface area contributed by atoms with E-state index in [2.05, 4.69) is 5.32 Å². The third kappa shape index (κ3) is 1.75. The van der Waals surface area contributed by atoms with Gasteiger partial charge < -0.3 is 25.7 Å². The minimum absolute atomic E-state index is 0.155. The summed E-state index contributed by atoms with van der Waals surface area (Å²) in [6.07, 6.45) is -3.65. The van der Waals surface area contributed by atoms with Gasteiger partial charge in [-0.05, 0) is 6.92 Å². The van der Waals surface area contributed by atoms with E-state index in [9.17, 15) is 20.4 Å². The van der Waals surface area contributed by atoms with Crippen LogP contribution in [0.2, 0.25) is 0 Å². The van der Waals surface area contributed by atoms with Crippen LogP contribution in [0.25, 0.3) is 0 Å². The fraction of sp³-hybridized carbons (Fsp3) is 1.00. The van der Waals surface area contributed by atoms with Crippen molar-refractivity contribution in [1.82, 2.24) is 5.32 Å². The lowest BCUT2D eigenvalue weighted by atomic mass is 9.94. The quantitative estimate of drug-likeness (QED) is 0.280. The van der Waals surface area contributed by atoms with Crippen LogP contribution < -0.4 is 5.32 Å². The molecule has 5 N–H and O–H groups in total. The summed E-state index contributed by atoms with van der Waals surface area (Å²) in [5.74, 6) is 0. The van der Waals surface area contributed by atoms with Crippen molar-refractivity contribution in [2.45, 2.75) is 30.8 Å². The Hall–Kier alpha value is -0.200. The van der Waals surface area contributed by atoms with Crippen LogP contribution in [0.15, 0.2) is 0 Å². The van der Waals surface area contributed by atoms with Crippen LogP contribution in [0.1, 0.15) is 6.92 Å². The summed E-state index contributed by atoms with van der Waals surface area (Å²) in [4.78, 5) is 0. The number of rotatable bonds is 0. The SMILES string of the molecule is C[C@@]1(O)CNC[C@H](O)[C@@H](O)[C@@H]1O. The molecule has 0 radical (unpaired) electrons. The molecule has 0 aromatic carbocycles. The van der Waals surface area contributed by atoms with Crippen molar-refractivity contribution in [2.75, 3.05) is 13.1 Å². The second kappa shape index (κ2) is 3.27. The van der Waals surface area contributed by atoms with Crippen molar-refractivity contribution < 1.29 is 20.4 Å². The van der Waals surface area contributed by atoms with Gasteiger partial charge >= 0.3 is 0 Å². The molecule has 0 bridgehead atoms. The maximum Gasteiger partial charge on any atom is 0.112 e. The zero-order valence-corrected chi connectivity index (χ0v) is 6.94. The molecule has 0 spiro atoms. The normalized spacial score (nSPS) is 50.2. The molecule has 0 aromatic heterocycles. The number of hydrogen-bond donors (Lipinski definition) is 5. The second-order valence-electron chi connectivity index (χ2n) is 3.49. The van der Waals surface area contributed by atoms with Crippen LogP contribution in [0, 0.1) is 0 Å². The molecule has 12 heavy (non-hydrogen) atoms. The zero-order valence-electron chi connectivity index (χ0n) is 6.94. The summed E-state index contributed by atoms with van der Waals surface area (Å²) in [7, 11) is 0. The molecule has 0 aliphatic carbocycles. The Labute approximate surface area is 70.6 Å². The Balaban J connectivity index is 2.74. The van der Waals surface area contributed by atoms with Gasteiger partial charge in [0, 0.05) is 13.1 Å². The maximum atomic E-state index is 9.53. The first-order chi connectivity index (χ1) is 5.45. The van der Waals surface area contributed by atoms with E-state index >= 15 is 0 Å². The molecule has 0 saturated carbocycles. The van der Waals surface area contributed by atoms with Crippen LogP contribution in [0.3, 0.4) is 0 Å². The molecular formula is C7H15NO4. The number of aliphatic hydroxyl groups excluding tert-OH is 3. The summed E-state index contributed by atoms with van der Waals surface area (Å²) in [6, 6.07) is 0. The van der Waals surface area contributed by atoms with E-state index in [-0.39, 0.29) is 13.1 Å². The predicted octanol–water partition coefficient (Wildman–Crippen LogP) is -2.58. The van der Waals surface area contributed by atoms with E-state index in [1.807, 2.05) is 0 Å². The highest BCUT2D eigenvalue weighted by molar-refractivity contribution is 4.95. The summed E-state index contributed by atoms with van der Waals surface area (Å²) in [6.45, 7) is 1.74. The first-order valence-electron chi connectivity index (χ1n) is 3.92. The van der Waals surface area contributed by atoms with Crippen LogP contribution in [-0.2, 0) is 0 Å². The molecule has 4 atom stereocenters. The van der Waals surface area contributed by atoms with Gasteiger partial charge in [0.2, 0.25) is 0 Å². The van der Waals surface area contributed by atoms with Gasteiger partial charge in [-0.15, -0.1) is 0 Å². The first-order valence-corrected chi connectivity index (χ1v) is 3.92. The summed E-state index contributed by atoms with van der Waals surface area (Å²) in [5, 5.41) is 40.1. The van der Waals surface area contributed by atoms with Gasteiger partial charge in [0.15, 0.2) is 0 Å². The maximum absolute atomic E-state index is 9.53. The standard InChI is InChI=1S/C7H15NO4/c1-7(12)3-8-2-4(9)5(10)6(7)11/h4-6,8-12H,2-3H2,1H3/t4-,5+,6-,7+/m0/s1. The third-order valence-electron chi connectivity index (χ3n) is 2.19. The predicted molar refractivity (Wildman–Crippen MR) is 41.5 cm³/mol. The lowest BCUT2D eigenvalue weighted by molar-refractivity contribution is -0.129. The first kappa shape index (κ1) is 9.88. The van der Waals surface area contributed by atoms with Crippen LogP contribution in [-0.4, -0.2) is 57.4 Å². The molecule has 5 heteroatoms. The van der Waals surface area contributed by atoms with Gasteiger partial charge in [-0.3, -0.25) is 0 Å². The summed E-state index contributed by atoms with van der Waals surface area (Å²) >= 11 is 0. The van der Waals surface area contributed by atoms with E-state index in [4.69, 9.17) is 0 Å². The van der Waals surface area contributed by atoms with E-state index in [1.165, 1.54) is 6.92 Å². The van der Waals surface area contributed by atoms with Crippen LogP contribution in [0.4, 0.5) is 0 Å². The minimum atomic E-state index is -1.39. The van der Waals surface area contributed by atoms with Crippen molar-refractivity contribution >= 4 is 0 Å². The van der Waals surface area contributed by atoms with Crippen molar-refractivity contribution in [3.8, 4) is 0 Å². The molecule has 0 aromatic rings. The summed E-state index contributed by atoms with van der Waals surface area (Å²) in [5.41, 5.74) is -1.39. The topological polar surface area (TPSA) is 93.0 Å². The van der Waals surface area contributed by atoms with E-state index in [0.29, 0.717) is 0 Å².